The summed E-state index contributed by atoms with van der Waals surface area (Å²) in [6.07, 6.45) is 1.52. The highest BCUT2D eigenvalue weighted by Crippen LogP contribution is 2.31. The van der Waals surface area contributed by atoms with E-state index in [1.54, 1.807) is 14.2 Å². The van der Waals surface area contributed by atoms with E-state index in [-0.39, 0.29) is 0 Å². The van der Waals surface area contributed by atoms with E-state index in [2.05, 4.69) is 39.7 Å². The molecule has 1 aromatic heterocycles. The van der Waals surface area contributed by atoms with Gasteiger partial charge >= 0.3 is 0 Å². The number of hydrogen-bond donors (Lipinski definition) is 2. The molecule has 0 amide bonds. The fourth-order valence-electron chi connectivity index (χ4n) is 2.43. The van der Waals surface area contributed by atoms with Gasteiger partial charge in [0.05, 0.1) is 14.2 Å². The highest BCUT2D eigenvalue weighted by atomic mass is 16.5. The van der Waals surface area contributed by atoms with Crippen LogP contribution in [0.25, 0.3) is 0 Å². The fourth-order valence-corrected chi connectivity index (χ4v) is 2.43. The van der Waals surface area contributed by atoms with Gasteiger partial charge in [0.25, 0.3) is 0 Å². The van der Waals surface area contributed by atoms with Gasteiger partial charge in [0.1, 0.15) is 18.0 Å². The summed E-state index contributed by atoms with van der Waals surface area (Å²) in [6, 6.07) is 15.6. The fraction of sp³-hybridized carbons (Fsp3) is 0.158. The van der Waals surface area contributed by atoms with E-state index in [0.29, 0.717) is 23.1 Å². The van der Waals surface area contributed by atoms with E-state index in [1.165, 1.54) is 11.9 Å². The zero-order valence-electron chi connectivity index (χ0n) is 14.4. The van der Waals surface area contributed by atoms with Crippen molar-refractivity contribution in [2.75, 3.05) is 24.9 Å². The van der Waals surface area contributed by atoms with Crippen LogP contribution in [0.3, 0.4) is 0 Å². The van der Waals surface area contributed by atoms with Crippen LogP contribution >= 0.6 is 0 Å². The zero-order chi connectivity index (χ0) is 17.6. The lowest BCUT2D eigenvalue weighted by molar-refractivity contribution is 0.355. The summed E-state index contributed by atoms with van der Waals surface area (Å²) in [5.41, 5.74) is 3.01. The van der Waals surface area contributed by atoms with Gasteiger partial charge in [-0.3, -0.25) is 0 Å². The van der Waals surface area contributed by atoms with Crippen molar-refractivity contribution in [3.63, 3.8) is 0 Å². The van der Waals surface area contributed by atoms with E-state index in [1.807, 2.05) is 36.4 Å². The Hall–Kier alpha value is -3.28. The quantitative estimate of drug-likeness (QED) is 0.700. The molecule has 0 radical (unpaired) electrons. The Balaban J connectivity index is 1.78. The van der Waals surface area contributed by atoms with Crippen LogP contribution in [0, 0.1) is 6.92 Å². The van der Waals surface area contributed by atoms with E-state index >= 15 is 0 Å². The molecule has 0 saturated carbocycles. The largest absolute Gasteiger partial charge is 0.493 e. The first-order chi connectivity index (χ1) is 12.2. The predicted octanol–water partition coefficient (Wildman–Crippen LogP) is 4.29. The van der Waals surface area contributed by atoms with Crippen LogP contribution in [-0.4, -0.2) is 24.2 Å². The Bertz CT molecular complexity index is 868. The average molecular weight is 336 g/mol. The van der Waals surface area contributed by atoms with Crippen LogP contribution in [0.2, 0.25) is 0 Å². The topological polar surface area (TPSA) is 68.3 Å². The van der Waals surface area contributed by atoms with Crippen molar-refractivity contribution in [3.8, 4) is 11.5 Å². The summed E-state index contributed by atoms with van der Waals surface area (Å²) in [4.78, 5) is 8.52. The third-order valence-corrected chi connectivity index (χ3v) is 3.61. The van der Waals surface area contributed by atoms with Gasteiger partial charge in [-0.05, 0) is 36.8 Å². The van der Waals surface area contributed by atoms with Crippen LogP contribution in [0.1, 0.15) is 5.56 Å². The highest BCUT2D eigenvalue weighted by Gasteiger charge is 2.06. The molecule has 3 aromatic rings. The van der Waals surface area contributed by atoms with Crippen LogP contribution in [-0.2, 0) is 0 Å². The summed E-state index contributed by atoms with van der Waals surface area (Å²) in [5.74, 6) is 2.72. The van der Waals surface area contributed by atoms with Crippen molar-refractivity contribution >= 4 is 23.0 Å². The van der Waals surface area contributed by atoms with Gasteiger partial charge < -0.3 is 20.1 Å². The molecule has 0 atom stereocenters. The number of rotatable bonds is 6. The molecular weight excluding hydrogens is 316 g/mol. The standard InChI is InChI=1S/C19H20N4O2/c1-13-5-4-6-14(9-13)22-18-11-19(21-12-20-18)23-15-7-8-16(24-2)17(10-15)25-3/h4-12H,1-3H3,(H2,20,21,22,23). The maximum absolute atomic E-state index is 5.32. The van der Waals surface area contributed by atoms with Gasteiger partial charge in [-0.25, -0.2) is 9.97 Å². The molecule has 2 N–H and O–H groups in total. The highest BCUT2D eigenvalue weighted by molar-refractivity contribution is 5.65. The molecule has 1 heterocycles. The molecule has 0 spiro atoms. The Labute approximate surface area is 146 Å². The molecule has 128 valence electrons. The first-order valence-corrected chi connectivity index (χ1v) is 7.83. The van der Waals surface area contributed by atoms with Gasteiger partial charge in [0.2, 0.25) is 0 Å². The van der Waals surface area contributed by atoms with Gasteiger partial charge in [0, 0.05) is 23.5 Å². The maximum atomic E-state index is 5.32. The Morgan fingerprint density at radius 3 is 2.08 bits per heavy atom. The molecule has 6 heteroatoms. The summed E-state index contributed by atoms with van der Waals surface area (Å²) in [6.45, 7) is 2.05. The molecule has 25 heavy (non-hydrogen) atoms. The second-order valence-electron chi connectivity index (χ2n) is 5.48. The average Bonchev–Trinajstić information content (AvgIpc) is 2.62. The Morgan fingerprint density at radius 2 is 1.44 bits per heavy atom. The summed E-state index contributed by atoms with van der Waals surface area (Å²) >= 11 is 0. The van der Waals surface area contributed by atoms with Crippen molar-refractivity contribution in [2.24, 2.45) is 0 Å². The van der Waals surface area contributed by atoms with Gasteiger partial charge in [-0.2, -0.15) is 0 Å². The second-order valence-corrected chi connectivity index (χ2v) is 5.48. The molecule has 0 unspecified atom stereocenters. The SMILES string of the molecule is COc1ccc(Nc2cc(Nc3cccc(C)c3)ncn2)cc1OC. The minimum Gasteiger partial charge on any atom is -0.493 e. The lowest BCUT2D eigenvalue weighted by atomic mass is 10.2. The first-order valence-electron chi connectivity index (χ1n) is 7.83. The molecule has 0 aliphatic heterocycles. The summed E-state index contributed by atoms with van der Waals surface area (Å²) in [5, 5.41) is 6.52. The molecule has 0 saturated heterocycles. The third kappa shape index (κ3) is 4.17. The van der Waals surface area contributed by atoms with Crippen molar-refractivity contribution < 1.29 is 9.47 Å². The number of ether oxygens (including phenoxy) is 2. The van der Waals surface area contributed by atoms with Gasteiger partial charge in [-0.1, -0.05) is 12.1 Å². The monoisotopic (exact) mass is 336 g/mol. The Kier molecular flexibility index (Phi) is 4.99. The molecule has 3 rings (SSSR count). The van der Waals surface area contributed by atoms with E-state index in [0.717, 1.165) is 11.4 Å². The smallest absolute Gasteiger partial charge is 0.162 e. The molecule has 0 bridgehead atoms. The predicted molar refractivity (Wildman–Crippen MR) is 99.3 cm³/mol. The van der Waals surface area contributed by atoms with Gasteiger partial charge in [0.15, 0.2) is 11.5 Å². The molecule has 0 aliphatic carbocycles. The number of benzene rings is 2. The molecular formula is C19H20N4O2. The van der Waals surface area contributed by atoms with Crippen molar-refractivity contribution in [2.45, 2.75) is 6.92 Å². The van der Waals surface area contributed by atoms with Crippen molar-refractivity contribution in [1.29, 1.82) is 0 Å². The van der Waals surface area contributed by atoms with Crippen LogP contribution < -0.4 is 20.1 Å². The maximum Gasteiger partial charge on any atom is 0.162 e. The number of aryl methyl sites for hydroxylation is 1. The first kappa shape index (κ1) is 16.6. The van der Waals surface area contributed by atoms with Crippen LogP contribution in [0.5, 0.6) is 11.5 Å². The molecule has 0 fully saturated rings. The number of hydrogen-bond acceptors (Lipinski definition) is 6. The number of nitrogens with zero attached hydrogens (tertiary/aromatic N) is 2. The zero-order valence-corrected chi connectivity index (χ0v) is 14.4. The van der Waals surface area contributed by atoms with E-state index in [9.17, 15) is 0 Å². The van der Waals surface area contributed by atoms with Crippen molar-refractivity contribution in [1.82, 2.24) is 9.97 Å². The second kappa shape index (κ2) is 7.53. The minimum atomic E-state index is 0.652. The number of methoxy groups -OCH3 is 2. The van der Waals surface area contributed by atoms with Crippen LogP contribution in [0.4, 0.5) is 23.0 Å². The summed E-state index contributed by atoms with van der Waals surface area (Å²) < 4.78 is 10.6. The molecule has 2 aromatic carbocycles. The number of aromatic nitrogens is 2. The van der Waals surface area contributed by atoms with Crippen molar-refractivity contribution in [3.05, 3.63) is 60.4 Å². The third-order valence-electron chi connectivity index (χ3n) is 3.61. The van der Waals surface area contributed by atoms with E-state index in [4.69, 9.17) is 9.47 Å². The van der Waals surface area contributed by atoms with E-state index < -0.39 is 0 Å². The lowest BCUT2D eigenvalue weighted by Gasteiger charge is -2.12. The Morgan fingerprint density at radius 1 is 0.760 bits per heavy atom. The molecule has 0 aliphatic rings. The summed E-state index contributed by atoms with van der Waals surface area (Å²) in [7, 11) is 3.22. The number of nitrogens with one attached hydrogen (secondary N) is 2. The van der Waals surface area contributed by atoms with Crippen LogP contribution in [0.15, 0.2) is 54.9 Å². The lowest BCUT2D eigenvalue weighted by Crippen LogP contribution is -1.99. The van der Waals surface area contributed by atoms with Gasteiger partial charge in [-0.15, -0.1) is 0 Å². The number of anilines is 4. The normalized spacial score (nSPS) is 10.2. The minimum absolute atomic E-state index is 0.652. The molecule has 6 nitrogen and oxygen atoms in total.